The van der Waals surface area contributed by atoms with Crippen LogP contribution in [-0.4, -0.2) is 42.9 Å². The van der Waals surface area contributed by atoms with Crippen LogP contribution in [0.1, 0.15) is 37.0 Å². The highest BCUT2D eigenvalue weighted by molar-refractivity contribution is 5.96. The maximum atomic E-state index is 12.2. The number of piperidine rings is 1. The predicted octanol–water partition coefficient (Wildman–Crippen LogP) is 2.64. The summed E-state index contributed by atoms with van der Waals surface area (Å²) in [6.45, 7) is 12.7. The van der Waals surface area contributed by atoms with Crippen LogP contribution in [0.2, 0.25) is 0 Å². The van der Waals surface area contributed by atoms with Crippen molar-refractivity contribution in [2.45, 2.75) is 41.0 Å². The molecule has 0 spiro atoms. The Bertz CT molecular complexity index is 609. The number of nitrogens with zero attached hydrogens (tertiary/aromatic N) is 1. The molecule has 1 aliphatic rings. The van der Waals surface area contributed by atoms with E-state index in [1.807, 2.05) is 32.9 Å². The van der Waals surface area contributed by atoms with E-state index in [2.05, 4.69) is 29.4 Å². The van der Waals surface area contributed by atoms with Crippen LogP contribution in [0, 0.1) is 32.6 Å². The van der Waals surface area contributed by atoms with Crippen LogP contribution < -0.4 is 10.6 Å². The minimum Gasteiger partial charge on any atom is -0.346 e. The first kappa shape index (κ1) is 19.4. The Morgan fingerprint density at radius 3 is 2.16 bits per heavy atom. The van der Waals surface area contributed by atoms with Gasteiger partial charge in [-0.3, -0.25) is 14.5 Å². The average Bonchev–Trinajstić information content (AvgIpc) is 2.47. The molecule has 1 heterocycles. The molecule has 0 radical (unpaired) electrons. The van der Waals surface area contributed by atoms with Crippen LogP contribution in [0.15, 0.2) is 12.1 Å². The topological polar surface area (TPSA) is 61.4 Å². The van der Waals surface area contributed by atoms with Crippen molar-refractivity contribution in [2.75, 3.05) is 31.5 Å². The number of amides is 2. The highest BCUT2D eigenvalue weighted by Gasteiger charge is 2.23. The van der Waals surface area contributed by atoms with Crippen molar-refractivity contribution in [1.82, 2.24) is 10.2 Å². The third kappa shape index (κ3) is 5.85. The van der Waals surface area contributed by atoms with E-state index in [4.69, 9.17) is 0 Å². The third-order valence-corrected chi connectivity index (χ3v) is 4.70. The number of nitrogens with one attached hydrogen (secondary N) is 2. The average molecular weight is 345 g/mol. The summed E-state index contributed by atoms with van der Waals surface area (Å²) in [6.07, 6.45) is 1.22. The van der Waals surface area contributed by atoms with Gasteiger partial charge in [-0.25, -0.2) is 0 Å². The molecule has 0 unspecified atom stereocenters. The fourth-order valence-corrected chi connectivity index (χ4v) is 3.92. The monoisotopic (exact) mass is 345 g/mol. The molecule has 0 bridgehead atoms. The number of anilines is 1. The van der Waals surface area contributed by atoms with E-state index in [0.29, 0.717) is 18.4 Å². The number of carbonyl (C=O) groups excluding carboxylic acids is 2. The van der Waals surface area contributed by atoms with Crippen LogP contribution in [0.4, 0.5) is 5.69 Å². The second-order valence-corrected chi connectivity index (χ2v) is 7.74. The minimum absolute atomic E-state index is 0.00450. The summed E-state index contributed by atoms with van der Waals surface area (Å²) in [5.41, 5.74) is 4.08. The van der Waals surface area contributed by atoms with Crippen LogP contribution in [-0.2, 0) is 9.59 Å². The zero-order valence-corrected chi connectivity index (χ0v) is 16.1. The Kier molecular flexibility index (Phi) is 6.59. The van der Waals surface area contributed by atoms with Crippen molar-refractivity contribution in [1.29, 1.82) is 0 Å². The fraction of sp³-hybridized carbons (Fsp3) is 0.600. The van der Waals surface area contributed by atoms with Crippen molar-refractivity contribution >= 4 is 17.5 Å². The van der Waals surface area contributed by atoms with E-state index in [0.717, 1.165) is 29.9 Å². The van der Waals surface area contributed by atoms with Gasteiger partial charge in [-0.1, -0.05) is 31.5 Å². The van der Waals surface area contributed by atoms with Crippen LogP contribution in [0.5, 0.6) is 0 Å². The molecule has 5 nitrogen and oxygen atoms in total. The van der Waals surface area contributed by atoms with Crippen LogP contribution in [0.3, 0.4) is 0 Å². The lowest BCUT2D eigenvalue weighted by atomic mass is 9.92. The Balaban J connectivity index is 1.81. The van der Waals surface area contributed by atoms with Gasteiger partial charge in [0.05, 0.1) is 13.1 Å². The van der Waals surface area contributed by atoms with Gasteiger partial charge in [-0.2, -0.15) is 0 Å². The number of hydrogen-bond acceptors (Lipinski definition) is 3. The maximum Gasteiger partial charge on any atom is 0.243 e. The summed E-state index contributed by atoms with van der Waals surface area (Å²) in [6, 6.07) is 4.08. The number of benzene rings is 1. The van der Waals surface area contributed by atoms with Gasteiger partial charge < -0.3 is 10.6 Å². The van der Waals surface area contributed by atoms with Crippen molar-refractivity contribution in [2.24, 2.45) is 11.8 Å². The lowest BCUT2D eigenvalue weighted by Gasteiger charge is -2.34. The molecule has 1 aromatic carbocycles. The summed E-state index contributed by atoms with van der Waals surface area (Å²) >= 11 is 0. The molecule has 1 aromatic rings. The first-order valence-corrected chi connectivity index (χ1v) is 9.11. The summed E-state index contributed by atoms with van der Waals surface area (Å²) in [7, 11) is 0. The first-order chi connectivity index (χ1) is 11.7. The molecule has 1 aliphatic heterocycles. The lowest BCUT2D eigenvalue weighted by molar-refractivity contribution is -0.125. The molecule has 5 heteroatoms. The molecule has 2 atom stereocenters. The fourth-order valence-electron chi connectivity index (χ4n) is 3.92. The molecule has 0 aliphatic carbocycles. The SMILES string of the molecule is Cc1cc(C)c(NC(=O)CNC(=O)CN2C[C@H](C)C[C@H](C)C2)c(C)c1. The van der Waals surface area contributed by atoms with Gasteiger partial charge in [0.2, 0.25) is 11.8 Å². The molecule has 25 heavy (non-hydrogen) atoms. The van der Waals surface area contributed by atoms with E-state index in [-0.39, 0.29) is 18.4 Å². The van der Waals surface area contributed by atoms with E-state index >= 15 is 0 Å². The number of hydrogen-bond donors (Lipinski definition) is 2. The van der Waals surface area contributed by atoms with Crippen LogP contribution >= 0.6 is 0 Å². The zero-order chi connectivity index (χ0) is 18.6. The molecular formula is C20H31N3O2. The van der Waals surface area contributed by atoms with E-state index in [1.165, 1.54) is 12.0 Å². The smallest absolute Gasteiger partial charge is 0.243 e. The Labute approximate surface area is 151 Å². The quantitative estimate of drug-likeness (QED) is 0.862. The molecular weight excluding hydrogens is 314 g/mol. The highest BCUT2D eigenvalue weighted by Crippen LogP contribution is 2.22. The van der Waals surface area contributed by atoms with Gasteiger partial charge in [-0.05, 0) is 50.2 Å². The number of likely N-dealkylation sites (tertiary alicyclic amines) is 1. The van der Waals surface area contributed by atoms with Crippen molar-refractivity contribution < 1.29 is 9.59 Å². The largest absolute Gasteiger partial charge is 0.346 e. The molecule has 2 rings (SSSR count). The summed E-state index contributed by atoms with van der Waals surface area (Å²) in [5, 5.41) is 5.65. The van der Waals surface area contributed by atoms with Crippen molar-refractivity contribution in [3.8, 4) is 0 Å². The van der Waals surface area contributed by atoms with Crippen LogP contribution in [0.25, 0.3) is 0 Å². The highest BCUT2D eigenvalue weighted by atomic mass is 16.2. The number of rotatable bonds is 5. The first-order valence-electron chi connectivity index (χ1n) is 9.11. The second-order valence-electron chi connectivity index (χ2n) is 7.74. The normalized spacial score (nSPS) is 21.0. The van der Waals surface area contributed by atoms with Gasteiger partial charge >= 0.3 is 0 Å². The molecule has 1 fully saturated rings. The standard InChI is InChI=1S/C20H31N3O2/c1-13-7-16(4)20(17(5)8-13)22-18(24)9-21-19(25)12-23-10-14(2)6-15(3)11-23/h7-8,14-15H,6,9-12H2,1-5H3,(H,21,25)(H,22,24)/t14-,15+. The van der Waals surface area contributed by atoms with E-state index in [1.54, 1.807) is 0 Å². The Morgan fingerprint density at radius 2 is 1.60 bits per heavy atom. The van der Waals surface area contributed by atoms with Crippen molar-refractivity contribution in [3.63, 3.8) is 0 Å². The summed E-state index contributed by atoms with van der Waals surface area (Å²) in [4.78, 5) is 26.5. The lowest BCUT2D eigenvalue weighted by Crippen LogP contribution is -2.45. The van der Waals surface area contributed by atoms with Crippen molar-refractivity contribution in [3.05, 3.63) is 28.8 Å². The second kappa shape index (κ2) is 8.48. The van der Waals surface area contributed by atoms with Gasteiger partial charge in [0.25, 0.3) is 0 Å². The molecule has 2 N–H and O–H groups in total. The summed E-state index contributed by atoms with van der Waals surface area (Å²) < 4.78 is 0. The van der Waals surface area contributed by atoms with E-state index < -0.39 is 0 Å². The number of aryl methyl sites for hydroxylation is 3. The number of carbonyl (C=O) groups is 2. The summed E-state index contributed by atoms with van der Waals surface area (Å²) in [5.74, 6) is 0.956. The van der Waals surface area contributed by atoms with E-state index in [9.17, 15) is 9.59 Å². The molecule has 0 aromatic heterocycles. The maximum absolute atomic E-state index is 12.2. The molecule has 138 valence electrons. The van der Waals surface area contributed by atoms with Gasteiger partial charge in [0, 0.05) is 18.8 Å². The molecule has 2 amide bonds. The molecule has 1 saturated heterocycles. The zero-order valence-electron chi connectivity index (χ0n) is 16.1. The minimum atomic E-state index is -0.191. The van der Waals surface area contributed by atoms with Gasteiger partial charge in [0.1, 0.15) is 0 Å². The third-order valence-electron chi connectivity index (χ3n) is 4.70. The van der Waals surface area contributed by atoms with Gasteiger partial charge in [-0.15, -0.1) is 0 Å². The molecule has 0 saturated carbocycles. The van der Waals surface area contributed by atoms with Gasteiger partial charge in [0.15, 0.2) is 0 Å². The Hall–Kier alpha value is -1.88. The Morgan fingerprint density at radius 1 is 1.04 bits per heavy atom. The predicted molar refractivity (Wildman–Crippen MR) is 102 cm³/mol.